The number of hydrogen-bond acceptors (Lipinski definition) is 5. The molecule has 1 aliphatic rings. The van der Waals surface area contributed by atoms with E-state index in [1.165, 1.54) is 7.11 Å². The highest BCUT2D eigenvalue weighted by atomic mass is 19.4. The monoisotopic (exact) mass is 352 g/mol. The van der Waals surface area contributed by atoms with E-state index in [-0.39, 0.29) is 5.69 Å². The number of aryl methyl sites for hydroxylation is 1. The predicted octanol–water partition coefficient (Wildman–Crippen LogP) is 3.73. The lowest BCUT2D eigenvalue weighted by atomic mass is 10.0. The van der Waals surface area contributed by atoms with Gasteiger partial charge in [0.1, 0.15) is 5.82 Å². The maximum Gasteiger partial charge on any atom is 0.451 e. The fraction of sp³-hybridized carbons (Fsp3) is 0.471. The molecule has 8 heteroatoms. The zero-order chi connectivity index (χ0) is 18.0. The molecule has 0 amide bonds. The van der Waals surface area contributed by atoms with Gasteiger partial charge in [0.2, 0.25) is 11.7 Å². The second-order valence-electron chi connectivity index (χ2n) is 5.86. The summed E-state index contributed by atoms with van der Waals surface area (Å²) < 4.78 is 45.0. The summed E-state index contributed by atoms with van der Waals surface area (Å²) in [6.07, 6.45) is -0.474. The molecule has 0 aromatic carbocycles. The summed E-state index contributed by atoms with van der Waals surface area (Å²) in [7, 11) is 1.47. The van der Waals surface area contributed by atoms with E-state index in [0.29, 0.717) is 36.8 Å². The van der Waals surface area contributed by atoms with E-state index in [1.807, 2.05) is 11.8 Å². The van der Waals surface area contributed by atoms with Crippen LogP contribution in [-0.4, -0.2) is 35.2 Å². The van der Waals surface area contributed by atoms with Gasteiger partial charge in [0, 0.05) is 37.0 Å². The predicted molar refractivity (Wildman–Crippen MR) is 87.6 cm³/mol. The molecule has 3 rings (SSSR count). The molecular weight excluding hydrogens is 333 g/mol. The van der Waals surface area contributed by atoms with Crippen LogP contribution in [0.2, 0.25) is 0 Å². The maximum atomic E-state index is 13.3. The highest BCUT2D eigenvalue weighted by molar-refractivity contribution is 5.67. The van der Waals surface area contributed by atoms with Crippen molar-refractivity contribution in [1.82, 2.24) is 15.0 Å². The number of aromatic nitrogens is 3. The number of ether oxygens (including phenoxy) is 1. The minimum atomic E-state index is -4.60. The van der Waals surface area contributed by atoms with Crippen LogP contribution in [0.5, 0.6) is 5.88 Å². The molecule has 1 fully saturated rings. The molecule has 0 saturated carbocycles. The van der Waals surface area contributed by atoms with Crippen LogP contribution >= 0.6 is 0 Å². The molecule has 0 spiro atoms. The van der Waals surface area contributed by atoms with Gasteiger partial charge in [-0.25, -0.2) is 15.0 Å². The zero-order valence-corrected chi connectivity index (χ0v) is 14.1. The van der Waals surface area contributed by atoms with Crippen molar-refractivity contribution in [1.29, 1.82) is 0 Å². The van der Waals surface area contributed by atoms with Crippen LogP contribution in [0.1, 0.15) is 31.2 Å². The molecule has 3 heterocycles. The molecule has 5 nitrogen and oxygen atoms in total. The first kappa shape index (κ1) is 17.4. The Morgan fingerprint density at radius 1 is 1.16 bits per heavy atom. The Morgan fingerprint density at radius 2 is 1.88 bits per heavy atom. The average Bonchev–Trinajstić information content (AvgIpc) is 3.14. The topological polar surface area (TPSA) is 51.1 Å². The van der Waals surface area contributed by atoms with Gasteiger partial charge in [0.15, 0.2) is 0 Å². The van der Waals surface area contributed by atoms with Crippen LogP contribution in [-0.2, 0) is 12.6 Å². The minimum Gasteiger partial charge on any atom is -0.481 e. The third kappa shape index (κ3) is 3.67. The first-order valence-corrected chi connectivity index (χ1v) is 8.17. The first-order valence-electron chi connectivity index (χ1n) is 8.17. The fourth-order valence-corrected chi connectivity index (χ4v) is 2.90. The minimum absolute atomic E-state index is 0.238. The first-order chi connectivity index (χ1) is 11.9. The van der Waals surface area contributed by atoms with Crippen molar-refractivity contribution in [2.24, 2.45) is 0 Å². The van der Waals surface area contributed by atoms with Gasteiger partial charge in [-0.05, 0) is 24.8 Å². The highest BCUT2D eigenvalue weighted by Crippen LogP contribution is 2.33. The SMILES string of the molecule is CCc1cnc(OC)cc1-c1cc(N2CCCC2)nc(C(F)(F)F)n1. The number of alkyl halides is 3. The van der Waals surface area contributed by atoms with Gasteiger partial charge in [-0.3, -0.25) is 0 Å². The molecule has 0 N–H and O–H groups in total. The maximum absolute atomic E-state index is 13.3. The van der Waals surface area contributed by atoms with Gasteiger partial charge in [0.05, 0.1) is 12.8 Å². The number of methoxy groups -OCH3 is 1. The third-order valence-electron chi connectivity index (χ3n) is 4.22. The second kappa shape index (κ2) is 6.85. The largest absolute Gasteiger partial charge is 0.481 e. The second-order valence-corrected chi connectivity index (χ2v) is 5.86. The zero-order valence-electron chi connectivity index (χ0n) is 14.1. The molecule has 0 bridgehead atoms. The molecule has 134 valence electrons. The van der Waals surface area contributed by atoms with Gasteiger partial charge < -0.3 is 9.64 Å². The van der Waals surface area contributed by atoms with Crippen LogP contribution in [0, 0.1) is 0 Å². The summed E-state index contributed by atoms with van der Waals surface area (Å²) >= 11 is 0. The van der Waals surface area contributed by atoms with E-state index < -0.39 is 12.0 Å². The van der Waals surface area contributed by atoms with Gasteiger partial charge >= 0.3 is 6.18 Å². The van der Waals surface area contributed by atoms with Gasteiger partial charge in [-0.15, -0.1) is 0 Å². The van der Waals surface area contributed by atoms with Crippen molar-refractivity contribution < 1.29 is 17.9 Å². The Kier molecular flexibility index (Phi) is 4.78. The summed E-state index contributed by atoms with van der Waals surface area (Å²) in [6.45, 7) is 3.32. The lowest BCUT2D eigenvalue weighted by molar-refractivity contribution is -0.144. The Balaban J connectivity index is 2.16. The van der Waals surface area contributed by atoms with Crippen LogP contribution in [0.15, 0.2) is 18.3 Å². The normalized spacial score (nSPS) is 14.8. The molecule has 0 unspecified atom stereocenters. The quantitative estimate of drug-likeness (QED) is 0.839. The van der Waals surface area contributed by atoms with E-state index in [1.54, 1.807) is 18.3 Å². The lowest BCUT2D eigenvalue weighted by Gasteiger charge is -2.19. The molecule has 0 aliphatic carbocycles. The molecule has 2 aromatic rings. The molecule has 1 aliphatic heterocycles. The summed E-state index contributed by atoms with van der Waals surface area (Å²) in [6, 6.07) is 3.24. The van der Waals surface area contributed by atoms with E-state index in [0.717, 1.165) is 18.4 Å². The highest BCUT2D eigenvalue weighted by Gasteiger charge is 2.36. The summed E-state index contributed by atoms with van der Waals surface area (Å²) in [4.78, 5) is 13.5. The van der Waals surface area contributed by atoms with Crippen molar-refractivity contribution >= 4 is 5.82 Å². The van der Waals surface area contributed by atoms with Crippen LogP contribution in [0.3, 0.4) is 0 Å². The van der Waals surface area contributed by atoms with Crippen molar-refractivity contribution in [2.75, 3.05) is 25.1 Å². The summed E-state index contributed by atoms with van der Waals surface area (Å²) in [5.74, 6) is -0.473. The number of halogens is 3. The van der Waals surface area contributed by atoms with E-state index >= 15 is 0 Å². The fourth-order valence-electron chi connectivity index (χ4n) is 2.90. The smallest absolute Gasteiger partial charge is 0.451 e. The lowest BCUT2D eigenvalue weighted by Crippen LogP contribution is -2.22. The van der Waals surface area contributed by atoms with Gasteiger partial charge in [0.25, 0.3) is 0 Å². The standard InChI is InChI=1S/C17H19F3N4O/c1-3-11-10-21-15(25-2)8-12(11)13-9-14(24-6-4-5-7-24)23-16(22-13)17(18,19)20/h8-10H,3-7H2,1-2H3. The Hall–Kier alpha value is -2.38. The molecular formula is C17H19F3N4O. The van der Waals surface area contributed by atoms with E-state index in [4.69, 9.17) is 4.74 Å². The molecule has 25 heavy (non-hydrogen) atoms. The average molecular weight is 352 g/mol. The van der Waals surface area contributed by atoms with E-state index in [9.17, 15) is 13.2 Å². The number of nitrogens with zero attached hydrogens (tertiary/aromatic N) is 4. The van der Waals surface area contributed by atoms with Gasteiger partial charge in [-0.1, -0.05) is 6.92 Å². The van der Waals surface area contributed by atoms with Crippen LogP contribution in [0.25, 0.3) is 11.3 Å². The number of hydrogen-bond donors (Lipinski definition) is 0. The number of rotatable bonds is 4. The van der Waals surface area contributed by atoms with Crippen molar-refractivity contribution in [2.45, 2.75) is 32.4 Å². The number of pyridine rings is 1. The van der Waals surface area contributed by atoms with Crippen LogP contribution in [0.4, 0.5) is 19.0 Å². The van der Waals surface area contributed by atoms with Crippen molar-refractivity contribution in [3.8, 4) is 17.1 Å². The Labute approximate surface area is 143 Å². The summed E-state index contributed by atoms with van der Waals surface area (Å²) in [5.41, 5.74) is 1.63. The Morgan fingerprint density at radius 3 is 2.48 bits per heavy atom. The summed E-state index contributed by atoms with van der Waals surface area (Å²) in [5, 5.41) is 0. The van der Waals surface area contributed by atoms with Crippen molar-refractivity contribution in [3.05, 3.63) is 29.7 Å². The van der Waals surface area contributed by atoms with E-state index in [2.05, 4.69) is 15.0 Å². The van der Waals surface area contributed by atoms with Crippen LogP contribution < -0.4 is 9.64 Å². The Bertz CT molecular complexity index is 758. The molecule has 0 radical (unpaired) electrons. The molecule has 0 atom stereocenters. The van der Waals surface area contributed by atoms with Crippen molar-refractivity contribution in [3.63, 3.8) is 0 Å². The third-order valence-corrected chi connectivity index (χ3v) is 4.22. The molecule has 2 aromatic heterocycles. The van der Waals surface area contributed by atoms with Gasteiger partial charge in [-0.2, -0.15) is 13.2 Å². The number of anilines is 1. The molecule has 1 saturated heterocycles.